The van der Waals surface area contributed by atoms with Crippen molar-refractivity contribution < 1.29 is 19.1 Å². The van der Waals surface area contributed by atoms with E-state index < -0.39 is 5.97 Å². The number of para-hydroxylation sites is 1. The lowest BCUT2D eigenvalue weighted by Crippen LogP contribution is -2.54. The predicted molar refractivity (Wildman–Crippen MR) is 96.9 cm³/mol. The van der Waals surface area contributed by atoms with Crippen molar-refractivity contribution in [3.63, 3.8) is 0 Å². The lowest BCUT2D eigenvalue weighted by atomic mass is 10.0. The summed E-state index contributed by atoms with van der Waals surface area (Å²) in [7, 11) is 0. The smallest absolute Gasteiger partial charge is 0.344 e. The summed E-state index contributed by atoms with van der Waals surface area (Å²) in [5.74, 6) is -0.0663. The molecule has 2 aliphatic heterocycles. The number of piperazine rings is 1. The van der Waals surface area contributed by atoms with Crippen molar-refractivity contribution >= 4 is 11.9 Å². The summed E-state index contributed by atoms with van der Waals surface area (Å²) in [4.78, 5) is 28.2. The third kappa shape index (κ3) is 5.44. The largest absolute Gasteiger partial charge is 0.482 e. The molecule has 0 radical (unpaired) electrons. The molecule has 1 aromatic carbocycles. The molecule has 2 fully saturated rings. The minimum absolute atomic E-state index is 0.136. The summed E-state index contributed by atoms with van der Waals surface area (Å²) < 4.78 is 10.4. The van der Waals surface area contributed by atoms with Crippen LogP contribution in [0.3, 0.4) is 0 Å². The highest BCUT2D eigenvalue weighted by Gasteiger charge is 2.27. The number of carbonyl (C=O) groups excluding carboxylic acids is 2. The minimum atomic E-state index is -0.532. The number of hydrogen-bond acceptors (Lipinski definition) is 6. The molecule has 1 aromatic rings. The molecule has 26 heavy (non-hydrogen) atoms. The first-order valence-electron chi connectivity index (χ1n) is 9.28. The van der Waals surface area contributed by atoms with E-state index in [1.54, 1.807) is 17.0 Å². The van der Waals surface area contributed by atoms with Gasteiger partial charge in [0.1, 0.15) is 5.75 Å². The Hall–Kier alpha value is -2.12. The van der Waals surface area contributed by atoms with Crippen LogP contribution in [-0.2, 0) is 14.3 Å². The first-order valence-corrected chi connectivity index (χ1v) is 9.28. The molecule has 2 heterocycles. The van der Waals surface area contributed by atoms with E-state index >= 15 is 0 Å². The maximum atomic E-state index is 12.2. The maximum Gasteiger partial charge on any atom is 0.344 e. The van der Waals surface area contributed by atoms with Gasteiger partial charge in [-0.25, -0.2) is 4.79 Å². The molecule has 0 unspecified atom stereocenters. The summed E-state index contributed by atoms with van der Waals surface area (Å²) in [5, 5.41) is 3.38. The number of esters is 1. The topological polar surface area (TPSA) is 71.1 Å². The van der Waals surface area contributed by atoms with E-state index in [-0.39, 0.29) is 19.1 Å². The molecule has 142 valence electrons. The molecule has 1 N–H and O–H groups in total. The molecule has 0 spiro atoms. The number of hydrogen-bond donors (Lipinski definition) is 1. The molecular formula is C19H27N3O4. The molecule has 0 atom stereocenters. The molecule has 1 amide bonds. The SMILES string of the molecule is O=C(COc1ccccc1)OCC(=O)N1CCN(C2CCNCC2)CC1. The van der Waals surface area contributed by atoms with Gasteiger partial charge < -0.3 is 19.7 Å². The van der Waals surface area contributed by atoms with Crippen molar-refractivity contribution in [2.75, 3.05) is 52.5 Å². The zero-order chi connectivity index (χ0) is 18.2. The number of rotatable bonds is 6. The molecule has 0 saturated carbocycles. The van der Waals surface area contributed by atoms with Gasteiger partial charge >= 0.3 is 5.97 Å². The van der Waals surface area contributed by atoms with Crippen LogP contribution in [0.4, 0.5) is 0 Å². The Balaban J connectivity index is 1.33. The first-order chi connectivity index (χ1) is 12.7. The maximum absolute atomic E-state index is 12.2. The Kier molecular flexibility index (Phi) is 6.85. The van der Waals surface area contributed by atoms with Gasteiger partial charge in [-0.2, -0.15) is 0 Å². The van der Waals surface area contributed by atoms with Gasteiger partial charge in [-0.15, -0.1) is 0 Å². The third-order valence-corrected chi connectivity index (χ3v) is 4.95. The highest BCUT2D eigenvalue weighted by molar-refractivity contribution is 5.81. The van der Waals surface area contributed by atoms with Gasteiger partial charge in [0.2, 0.25) is 0 Å². The van der Waals surface area contributed by atoms with E-state index in [1.165, 1.54) is 12.8 Å². The molecule has 7 heteroatoms. The lowest BCUT2D eigenvalue weighted by molar-refractivity contribution is -0.154. The van der Waals surface area contributed by atoms with Crippen LogP contribution in [0.1, 0.15) is 12.8 Å². The van der Waals surface area contributed by atoms with Gasteiger partial charge in [0.15, 0.2) is 13.2 Å². The van der Waals surface area contributed by atoms with Gasteiger partial charge in [0.05, 0.1) is 0 Å². The average Bonchev–Trinajstić information content (AvgIpc) is 2.72. The zero-order valence-corrected chi connectivity index (χ0v) is 15.1. The molecule has 0 bridgehead atoms. The normalized spacial score (nSPS) is 19.2. The standard InChI is InChI=1S/C19H27N3O4/c23-18(14-26-19(24)15-25-17-4-2-1-3-5-17)22-12-10-21(11-13-22)16-6-8-20-9-7-16/h1-5,16,20H,6-15H2. The van der Waals surface area contributed by atoms with Crippen LogP contribution >= 0.6 is 0 Å². The van der Waals surface area contributed by atoms with Crippen LogP contribution in [-0.4, -0.2) is 80.2 Å². The molecule has 0 aliphatic carbocycles. The summed E-state index contributed by atoms with van der Waals surface area (Å²) in [6.07, 6.45) is 2.35. The van der Waals surface area contributed by atoms with E-state index in [9.17, 15) is 9.59 Å². The second kappa shape index (κ2) is 9.54. The molecule has 7 nitrogen and oxygen atoms in total. The van der Waals surface area contributed by atoms with Crippen molar-refractivity contribution in [3.05, 3.63) is 30.3 Å². The number of amides is 1. The fraction of sp³-hybridized carbons (Fsp3) is 0.579. The van der Waals surface area contributed by atoms with Gasteiger partial charge in [-0.3, -0.25) is 9.69 Å². The summed E-state index contributed by atoms with van der Waals surface area (Å²) in [6, 6.07) is 9.68. The molecular weight excluding hydrogens is 334 g/mol. The summed E-state index contributed by atoms with van der Waals surface area (Å²) >= 11 is 0. The number of ether oxygens (including phenoxy) is 2. The number of carbonyl (C=O) groups is 2. The van der Waals surface area contributed by atoms with Crippen molar-refractivity contribution in [2.45, 2.75) is 18.9 Å². The third-order valence-electron chi connectivity index (χ3n) is 4.95. The zero-order valence-electron chi connectivity index (χ0n) is 15.1. The predicted octanol–water partition coefficient (Wildman–Crippen LogP) is 0.505. The molecule has 0 aromatic heterocycles. The first kappa shape index (κ1) is 18.7. The van der Waals surface area contributed by atoms with Crippen LogP contribution in [0.25, 0.3) is 0 Å². The molecule has 2 saturated heterocycles. The van der Waals surface area contributed by atoms with E-state index in [2.05, 4.69) is 10.2 Å². The molecule has 2 aliphatic rings. The van der Waals surface area contributed by atoms with Gasteiger partial charge in [0, 0.05) is 32.2 Å². The van der Waals surface area contributed by atoms with Crippen LogP contribution < -0.4 is 10.1 Å². The van der Waals surface area contributed by atoms with Crippen molar-refractivity contribution in [1.29, 1.82) is 0 Å². The number of nitrogens with one attached hydrogen (secondary N) is 1. The van der Waals surface area contributed by atoms with Crippen LogP contribution in [0.5, 0.6) is 5.75 Å². The van der Waals surface area contributed by atoms with E-state index in [1.807, 2.05) is 18.2 Å². The molecule has 3 rings (SSSR count). The van der Waals surface area contributed by atoms with Crippen molar-refractivity contribution in [2.24, 2.45) is 0 Å². The minimum Gasteiger partial charge on any atom is -0.482 e. The fourth-order valence-corrected chi connectivity index (χ4v) is 3.44. The van der Waals surface area contributed by atoms with E-state index in [0.717, 1.165) is 26.2 Å². The Morgan fingerprint density at radius 2 is 1.69 bits per heavy atom. The average molecular weight is 361 g/mol. The Bertz CT molecular complexity index is 582. The van der Waals surface area contributed by atoms with Gasteiger partial charge in [-0.05, 0) is 38.1 Å². The van der Waals surface area contributed by atoms with Crippen LogP contribution in [0.15, 0.2) is 30.3 Å². The number of nitrogens with zero attached hydrogens (tertiary/aromatic N) is 2. The van der Waals surface area contributed by atoms with Crippen molar-refractivity contribution in [3.8, 4) is 5.75 Å². The van der Waals surface area contributed by atoms with Crippen LogP contribution in [0.2, 0.25) is 0 Å². The Morgan fingerprint density at radius 3 is 2.38 bits per heavy atom. The van der Waals surface area contributed by atoms with Crippen LogP contribution in [0, 0.1) is 0 Å². The summed E-state index contributed by atoms with van der Waals surface area (Å²) in [5.41, 5.74) is 0. The second-order valence-electron chi connectivity index (χ2n) is 6.66. The second-order valence-corrected chi connectivity index (χ2v) is 6.66. The fourth-order valence-electron chi connectivity index (χ4n) is 3.44. The number of benzene rings is 1. The quantitative estimate of drug-likeness (QED) is 0.745. The summed E-state index contributed by atoms with van der Waals surface area (Å²) in [6.45, 7) is 4.91. The Morgan fingerprint density at radius 1 is 1.00 bits per heavy atom. The monoisotopic (exact) mass is 361 g/mol. The highest BCUT2D eigenvalue weighted by Crippen LogP contribution is 2.14. The lowest BCUT2D eigenvalue weighted by Gasteiger charge is -2.40. The van der Waals surface area contributed by atoms with Crippen molar-refractivity contribution in [1.82, 2.24) is 15.1 Å². The van der Waals surface area contributed by atoms with E-state index in [0.29, 0.717) is 24.9 Å². The number of piperidine rings is 1. The van der Waals surface area contributed by atoms with E-state index in [4.69, 9.17) is 9.47 Å². The Labute approximate surface area is 154 Å². The van der Waals surface area contributed by atoms with Gasteiger partial charge in [-0.1, -0.05) is 18.2 Å². The highest BCUT2D eigenvalue weighted by atomic mass is 16.6. The van der Waals surface area contributed by atoms with Gasteiger partial charge in [0.25, 0.3) is 5.91 Å².